The number of phosphoric ester groups is 2. The Morgan fingerprint density at radius 2 is 0.490 bits per heavy atom. The second-order valence-electron chi connectivity index (χ2n) is 29.7. The van der Waals surface area contributed by atoms with Crippen molar-refractivity contribution < 1.29 is 80.2 Å². The zero-order chi connectivity index (χ0) is 72.4. The molecule has 19 heteroatoms. The Hall–Kier alpha value is -1.94. The number of carbonyl (C=O) groups is 4. The van der Waals surface area contributed by atoms with Crippen LogP contribution in [0, 0.1) is 23.7 Å². The first kappa shape index (κ1) is 96.1. The van der Waals surface area contributed by atoms with Gasteiger partial charge in [0.2, 0.25) is 0 Å². The van der Waals surface area contributed by atoms with Crippen LogP contribution in [0.3, 0.4) is 0 Å². The molecule has 0 heterocycles. The minimum absolute atomic E-state index is 0.102. The third kappa shape index (κ3) is 68.5. The van der Waals surface area contributed by atoms with Crippen molar-refractivity contribution in [1.82, 2.24) is 0 Å². The summed E-state index contributed by atoms with van der Waals surface area (Å²) in [6, 6.07) is 0. The van der Waals surface area contributed by atoms with Crippen LogP contribution < -0.4 is 0 Å². The molecule has 0 saturated heterocycles. The summed E-state index contributed by atoms with van der Waals surface area (Å²) in [4.78, 5) is 72.8. The number of esters is 4. The van der Waals surface area contributed by atoms with E-state index in [0.29, 0.717) is 25.7 Å². The molecule has 0 radical (unpaired) electrons. The Kier molecular flexibility index (Phi) is 66.8. The normalized spacial score (nSPS) is 14.9. The van der Waals surface area contributed by atoms with E-state index in [4.69, 9.17) is 37.0 Å². The van der Waals surface area contributed by atoms with E-state index in [1.165, 1.54) is 199 Å². The van der Waals surface area contributed by atoms with Gasteiger partial charge in [0.15, 0.2) is 12.2 Å². The lowest BCUT2D eigenvalue weighted by atomic mass is 9.99. The van der Waals surface area contributed by atoms with E-state index in [-0.39, 0.29) is 25.7 Å². The van der Waals surface area contributed by atoms with Crippen molar-refractivity contribution in [3.63, 3.8) is 0 Å². The van der Waals surface area contributed by atoms with Gasteiger partial charge in [-0.1, -0.05) is 351 Å². The van der Waals surface area contributed by atoms with E-state index < -0.39 is 97.5 Å². The highest BCUT2D eigenvalue weighted by Gasteiger charge is 2.30. The number of hydrogen-bond acceptors (Lipinski definition) is 15. The van der Waals surface area contributed by atoms with Crippen LogP contribution in [0.4, 0.5) is 0 Å². The Morgan fingerprint density at radius 3 is 0.724 bits per heavy atom. The van der Waals surface area contributed by atoms with Crippen LogP contribution in [0.15, 0.2) is 0 Å². The molecule has 0 bridgehead atoms. The highest BCUT2D eigenvalue weighted by atomic mass is 31.2. The lowest BCUT2D eigenvalue weighted by molar-refractivity contribution is -0.161. The van der Waals surface area contributed by atoms with Gasteiger partial charge in [-0.25, -0.2) is 9.13 Å². The smallest absolute Gasteiger partial charge is 0.462 e. The molecule has 0 aliphatic heterocycles. The highest BCUT2D eigenvalue weighted by Crippen LogP contribution is 2.45. The van der Waals surface area contributed by atoms with Crippen molar-refractivity contribution in [1.29, 1.82) is 0 Å². The fourth-order valence-corrected chi connectivity index (χ4v) is 13.6. The van der Waals surface area contributed by atoms with Crippen molar-refractivity contribution in [2.24, 2.45) is 23.7 Å². The third-order valence-electron chi connectivity index (χ3n) is 19.4. The molecule has 0 aromatic rings. The van der Waals surface area contributed by atoms with Crippen molar-refractivity contribution in [3.05, 3.63) is 0 Å². The van der Waals surface area contributed by atoms with Crippen LogP contribution >= 0.6 is 15.6 Å². The Labute approximate surface area is 600 Å². The molecule has 0 fully saturated rings. The molecule has 98 heavy (non-hydrogen) atoms. The van der Waals surface area contributed by atoms with E-state index in [2.05, 4.69) is 55.4 Å². The van der Waals surface area contributed by atoms with Crippen LogP contribution in [-0.2, 0) is 65.4 Å². The number of hydrogen-bond donors (Lipinski definition) is 3. The molecule has 0 aromatic carbocycles. The van der Waals surface area contributed by atoms with Gasteiger partial charge >= 0.3 is 39.5 Å². The largest absolute Gasteiger partial charge is 0.472 e. The molecule has 0 rings (SSSR count). The molecular weight excluding hydrogens is 1280 g/mol. The maximum Gasteiger partial charge on any atom is 0.472 e. The summed E-state index contributed by atoms with van der Waals surface area (Å²) >= 11 is 0. The molecule has 17 nitrogen and oxygen atoms in total. The quantitative estimate of drug-likeness (QED) is 0.0222. The van der Waals surface area contributed by atoms with Crippen LogP contribution in [0.25, 0.3) is 0 Å². The third-order valence-corrected chi connectivity index (χ3v) is 21.3. The Bertz CT molecular complexity index is 1930. The summed E-state index contributed by atoms with van der Waals surface area (Å²) in [5.41, 5.74) is 0. The van der Waals surface area contributed by atoms with E-state index in [9.17, 15) is 43.2 Å². The summed E-state index contributed by atoms with van der Waals surface area (Å²) in [6.07, 6.45) is 54.3. The fourth-order valence-electron chi connectivity index (χ4n) is 12.0. The topological polar surface area (TPSA) is 237 Å². The Balaban J connectivity index is 5.19. The van der Waals surface area contributed by atoms with Crippen molar-refractivity contribution in [3.8, 4) is 0 Å². The van der Waals surface area contributed by atoms with Gasteiger partial charge in [0, 0.05) is 25.7 Å². The number of ether oxygens (including phenoxy) is 4. The summed E-state index contributed by atoms with van der Waals surface area (Å²) < 4.78 is 68.6. The number of rotatable bonds is 76. The number of phosphoric acid groups is 2. The van der Waals surface area contributed by atoms with Gasteiger partial charge in [0.05, 0.1) is 26.4 Å². The van der Waals surface area contributed by atoms with E-state index in [1.807, 2.05) is 0 Å². The summed E-state index contributed by atoms with van der Waals surface area (Å²) in [6.45, 7) is 14.2. The average molecular weight is 1440 g/mol. The van der Waals surface area contributed by atoms with E-state index in [1.54, 1.807) is 0 Å². The lowest BCUT2D eigenvalue weighted by Crippen LogP contribution is -2.30. The number of carbonyl (C=O) groups excluding carboxylic acids is 4. The van der Waals surface area contributed by atoms with Crippen LogP contribution in [0.1, 0.15) is 402 Å². The van der Waals surface area contributed by atoms with Gasteiger partial charge in [-0.3, -0.25) is 37.3 Å². The molecule has 582 valence electrons. The number of aliphatic hydroxyl groups excluding tert-OH is 1. The van der Waals surface area contributed by atoms with Crippen LogP contribution in [0.5, 0.6) is 0 Å². The highest BCUT2D eigenvalue weighted by molar-refractivity contribution is 7.47. The van der Waals surface area contributed by atoms with Gasteiger partial charge < -0.3 is 33.8 Å². The first-order valence-electron chi connectivity index (χ1n) is 40.8. The predicted molar refractivity (Wildman–Crippen MR) is 400 cm³/mol. The summed E-state index contributed by atoms with van der Waals surface area (Å²) in [7, 11) is -9.92. The molecule has 0 spiro atoms. The first-order chi connectivity index (χ1) is 47.2. The zero-order valence-electron chi connectivity index (χ0n) is 64.4. The molecular formula is C79H154O17P2. The molecule has 3 N–H and O–H groups in total. The van der Waals surface area contributed by atoms with Gasteiger partial charge in [-0.05, 0) is 49.4 Å². The number of unbranched alkanes of at least 4 members (excludes halogenated alkanes) is 39. The lowest BCUT2D eigenvalue weighted by Gasteiger charge is -2.21. The van der Waals surface area contributed by atoms with Gasteiger partial charge in [-0.15, -0.1) is 0 Å². The monoisotopic (exact) mass is 1440 g/mol. The molecule has 5 unspecified atom stereocenters. The summed E-state index contributed by atoms with van der Waals surface area (Å²) in [5, 5.41) is 10.6. The van der Waals surface area contributed by atoms with E-state index >= 15 is 0 Å². The second kappa shape index (κ2) is 68.2. The molecule has 0 aliphatic carbocycles. The van der Waals surface area contributed by atoms with E-state index in [0.717, 1.165) is 120 Å². The van der Waals surface area contributed by atoms with Crippen molar-refractivity contribution in [2.75, 3.05) is 39.6 Å². The van der Waals surface area contributed by atoms with Crippen molar-refractivity contribution >= 4 is 39.5 Å². The second-order valence-corrected chi connectivity index (χ2v) is 32.6. The molecule has 0 amide bonds. The average Bonchev–Trinajstić information content (AvgIpc) is 1.27. The molecule has 0 aromatic heterocycles. The molecule has 0 saturated carbocycles. The minimum Gasteiger partial charge on any atom is -0.462 e. The standard InChI is InChI=1S/C79H154O17P2/c1-9-70(6)56-48-40-32-28-24-20-16-14-12-13-15-17-21-25-29-33-43-51-59-76(81)89-65-74(95-78(83)61-53-45-34-30-26-22-18-19-23-27-31-39-47-55-69(4)5)67-93-97(85,86)91-63-73(80)64-92-98(87,88)94-68-75(96-79(84)62-54-46-38-36-42-50-58-72(8)11-3)66-90-77(82)60-52-44-37-35-41-49-57-71(7)10-2/h69-75,80H,9-68H2,1-8H3,(H,85,86)(H,87,88)/t70?,71?,72?,73-,74-,75-/m1/s1. The summed E-state index contributed by atoms with van der Waals surface area (Å²) in [5.74, 6) is 0.989. The minimum atomic E-state index is -4.96. The molecule has 8 atom stereocenters. The zero-order valence-corrected chi connectivity index (χ0v) is 66.2. The van der Waals surface area contributed by atoms with Gasteiger partial charge in [0.1, 0.15) is 19.3 Å². The SMILES string of the molecule is CCC(C)CCCCCCCCCCCCCCCCCCCCC(=O)OC[C@H](COP(=O)(O)OC[C@@H](O)COP(=O)(O)OC[C@@H](COC(=O)CCCCCCCCC(C)CC)OC(=O)CCCCCCCCC(C)CC)OC(=O)CCCCCCCCCCCCCCCC(C)C. The van der Waals surface area contributed by atoms with Crippen LogP contribution in [-0.4, -0.2) is 96.7 Å². The first-order valence-corrected chi connectivity index (χ1v) is 43.8. The Morgan fingerprint density at radius 1 is 0.286 bits per heavy atom. The molecule has 0 aliphatic rings. The van der Waals surface area contributed by atoms with Gasteiger partial charge in [0.25, 0.3) is 0 Å². The van der Waals surface area contributed by atoms with Crippen LogP contribution in [0.2, 0.25) is 0 Å². The van der Waals surface area contributed by atoms with Gasteiger partial charge in [-0.2, -0.15) is 0 Å². The maximum atomic E-state index is 13.1. The fraction of sp³-hybridized carbons (Fsp3) is 0.949. The number of aliphatic hydroxyl groups is 1. The maximum absolute atomic E-state index is 13.1. The van der Waals surface area contributed by atoms with Crippen molar-refractivity contribution in [2.45, 2.75) is 420 Å². The predicted octanol–water partition coefficient (Wildman–Crippen LogP) is 23.2.